The van der Waals surface area contributed by atoms with E-state index >= 15 is 0 Å². The van der Waals surface area contributed by atoms with Gasteiger partial charge in [-0.2, -0.15) is 13.2 Å². The average Bonchev–Trinajstić information content (AvgIpc) is 2.70. The van der Waals surface area contributed by atoms with Gasteiger partial charge in [-0.15, -0.1) is 0 Å². The molecule has 0 aromatic carbocycles. The van der Waals surface area contributed by atoms with Gasteiger partial charge in [-0.1, -0.05) is 13.3 Å². The molecule has 0 fully saturated rings. The summed E-state index contributed by atoms with van der Waals surface area (Å²) in [7, 11) is 0.878. The highest BCUT2D eigenvalue weighted by Gasteiger charge is 2.31. The van der Waals surface area contributed by atoms with Crippen molar-refractivity contribution in [1.29, 1.82) is 0 Å². The Bertz CT molecular complexity index is 611. The van der Waals surface area contributed by atoms with Crippen molar-refractivity contribution in [2.24, 2.45) is 0 Å². The van der Waals surface area contributed by atoms with E-state index in [4.69, 9.17) is 10.7 Å². The van der Waals surface area contributed by atoms with Gasteiger partial charge in [0.1, 0.15) is 17.1 Å². The monoisotopic (exact) mass is 346 g/mol. The van der Waals surface area contributed by atoms with E-state index in [0.29, 0.717) is 17.2 Å². The first-order chi connectivity index (χ1) is 9.54. The lowest BCUT2D eigenvalue weighted by Crippen LogP contribution is -2.28. The van der Waals surface area contributed by atoms with E-state index in [1.165, 1.54) is 0 Å². The molecule has 120 valence electrons. The largest absolute Gasteiger partial charge is 0.406 e. The fourth-order valence-corrected chi connectivity index (χ4v) is 2.36. The number of halogens is 4. The van der Waals surface area contributed by atoms with Gasteiger partial charge in [0.2, 0.25) is 0 Å². The van der Waals surface area contributed by atoms with Gasteiger partial charge < -0.3 is 9.88 Å². The van der Waals surface area contributed by atoms with Gasteiger partial charge in [-0.25, -0.2) is 8.42 Å². The highest BCUT2D eigenvalue weighted by Crippen LogP contribution is 2.23. The molecule has 0 atom stereocenters. The molecule has 0 aliphatic carbocycles. The molecule has 0 bridgehead atoms. The van der Waals surface area contributed by atoms with E-state index < -0.39 is 38.3 Å². The Labute approximate surface area is 124 Å². The van der Waals surface area contributed by atoms with Crippen LogP contribution >= 0.6 is 10.7 Å². The van der Waals surface area contributed by atoms with E-state index in [-0.39, 0.29) is 6.54 Å². The Morgan fingerprint density at radius 1 is 1.43 bits per heavy atom. The summed E-state index contributed by atoms with van der Waals surface area (Å²) in [5, 5.41) is 2.43. The second kappa shape index (κ2) is 6.69. The normalized spacial score (nSPS) is 12.4. The van der Waals surface area contributed by atoms with Gasteiger partial charge in [-0.05, 0) is 12.5 Å². The van der Waals surface area contributed by atoms with Crippen molar-refractivity contribution in [3.8, 4) is 0 Å². The summed E-state index contributed by atoms with van der Waals surface area (Å²) >= 11 is 0. The summed E-state index contributed by atoms with van der Waals surface area (Å²) in [6, 6.07) is 0.829. The van der Waals surface area contributed by atoms with Crippen molar-refractivity contribution in [3.63, 3.8) is 0 Å². The molecule has 0 saturated carbocycles. The molecule has 1 rings (SSSR count). The van der Waals surface area contributed by atoms with Crippen LogP contribution in [0.3, 0.4) is 0 Å². The van der Waals surface area contributed by atoms with Crippen LogP contribution < -0.4 is 5.32 Å². The number of aromatic nitrogens is 1. The molecule has 0 spiro atoms. The van der Waals surface area contributed by atoms with Gasteiger partial charge in [0, 0.05) is 23.4 Å². The van der Waals surface area contributed by atoms with Gasteiger partial charge in [0.15, 0.2) is 0 Å². The van der Waals surface area contributed by atoms with Crippen molar-refractivity contribution < 1.29 is 26.4 Å². The Balaban J connectivity index is 3.09. The first kappa shape index (κ1) is 17.8. The maximum absolute atomic E-state index is 12.5. The topological polar surface area (TPSA) is 68.2 Å². The minimum atomic E-state index is -4.59. The Morgan fingerprint density at radius 2 is 2.05 bits per heavy atom. The third-order valence-corrected chi connectivity index (χ3v) is 3.87. The maximum Gasteiger partial charge on any atom is 0.406 e. The minimum Gasteiger partial charge on any atom is -0.351 e. The van der Waals surface area contributed by atoms with Crippen LogP contribution in [0.5, 0.6) is 0 Å². The minimum absolute atomic E-state index is 0.287. The number of amides is 1. The fourth-order valence-electron chi connectivity index (χ4n) is 1.60. The number of hydrogen-bond donors (Lipinski definition) is 1. The van der Waals surface area contributed by atoms with Crippen molar-refractivity contribution >= 4 is 25.6 Å². The smallest absolute Gasteiger partial charge is 0.351 e. The molecular formula is C11H14ClF3N2O3S. The molecule has 1 N–H and O–H groups in total. The van der Waals surface area contributed by atoms with Gasteiger partial charge in [0.25, 0.3) is 15.0 Å². The lowest BCUT2D eigenvalue weighted by Gasteiger charge is -2.11. The molecule has 0 aliphatic heterocycles. The summed E-state index contributed by atoms with van der Waals surface area (Å²) in [6.07, 6.45) is -2.44. The van der Waals surface area contributed by atoms with Crippen LogP contribution in [-0.4, -0.2) is 31.6 Å². The zero-order valence-corrected chi connectivity index (χ0v) is 12.6. The fraction of sp³-hybridized carbons (Fsp3) is 0.545. The van der Waals surface area contributed by atoms with Crippen molar-refractivity contribution in [3.05, 3.63) is 18.0 Å². The number of unbranched alkanes of at least 4 members (excludes halogenated alkanes) is 1. The summed E-state index contributed by atoms with van der Waals surface area (Å²) < 4.78 is 60.3. The second-order valence-electron chi connectivity index (χ2n) is 4.35. The van der Waals surface area contributed by atoms with Gasteiger partial charge in [-0.3, -0.25) is 4.79 Å². The average molecular weight is 347 g/mol. The van der Waals surface area contributed by atoms with E-state index in [9.17, 15) is 26.4 Å². The first-order valence-corrected chi connectivity index (χ1v) is 8.35. The van der Waals surface area contributed by atoms with Gasteiger partial charge >= 0.3 is 6.18 Å². The molecule has 10 heteroatoms. The number of carbonyl (C=O) groups is 1. The molecular weight excluding hydrogens is 333 g/mol. The van der Waals surface area contributed by atoms with Crippen molar-refractivity contribution in [1.82, 2.24) is 9.88 Å². The molecule has 1 aromatic heterocycles. The van der Waals surface area contributed by atoms with E-state index in [1.54, 1.807) is 0 Å². The Hall–Kier alpha value is -1.22. The molecule has 0 saturated heterocycles. The van der Waals surface area contributed by atoms with Gasteiger partial charge in [0.05, 0.1) is 0 Å². The predicted octanol–water partition coefficient (Wildman–Crippen LogP) is 2.51. The number of alkyl halides is 3. The molecule has 0 aliphatic rings. The first-order valence-electron chi connectivity index (χ1n) is 6.04. The third kappa shape index (κ3) is 5.58. The van der Waals surface area contributed by atoms with E-state index in [1.807, 2.05) is 6.92 Å². The number of nitrogens with one attached hydrogen (secondary N) is 1. The molecule has 1 aromatic rings. The summed E-state index contributed by atoms with van der Waals surface area (Å²) in [5.74, 6) is -0.778. The number of nitrogens with zero attached hydrogens (tertiary/aromatic N) is 1. The van der Waals surface area contributed by atoms with Crippen molar-refractivity contribution in [2.75, 3.05) is 6.54 Å². The second-order valence-corrected chi connectivity index (χ2v) is 6.92. The van der Waals surface area contributed by atoms with Crippen LogP contribution in [-0.2, 0) is 15.6 Å². The van der Waals surface area contributed by atoms with Crippen LogP contribution in [0.25, 0.3) is 0 Å². The Morgan fingerprint density at radius 3 is 2.52 bits per heavy atom. The summed E-state index contributed by atoms with van der Waals surface area (Å²) in [4.78, 5) is 11.3. The lowest BCUT2D eigenvalue weighted by atomic mass is 10.3. The van der Waals surface area contributed by atoms with Crippen LogP contribution in [0.4, 0.5) is 13.2 Å². The van der Waals surface area contributed by atoms with Crippen LogP contribution in [0, 0.1) is 0 Å². The zero-order chi connectivity index (χ0) is 16.3. The highest BCUT2D eigenvalue weighted by atomic mass is 35.7. The van der Waals surface area contributed by atoms with Crippen LogP contribution in [0.15, 0.2) is 17.2 Å². The van der Waals surface area contributed by atoms with E-state index in [0.717, 1.165) is 12.5 Å². The lowest BCUT2D eigenvalue weighted by molar-refractivity contribution is -0.140. The SMILES string of the molecule is CCCCNC(=O)c1cc(S(=O)(=O)Cl)cn1CC(F)(F)F. The quantitative estimate of drug-likeness (QED) is 0.635. The molecule has 0 unspecified atom stereocenters. The van der Waals surface area contributed by atoms with E-state index in [2.05, 4.69) is 5.32 Å². The number of rotatable bonds is 6. The number of carbonyl (C=O) groups excluding carboxylic acids is 1. The predicted molar refractivity (Wildman–Crippen MR) is 70.8 cm³/mol. The standard InChI is InChI=1S/C11H14ClF3N2O3S/c1-2-3-4-16-10(18)9-5-8(21(12,19)20)6-17(9)7-11(13,14)15/h5-6H,2-4,7H2,1H3,(H,16,18). The maximum atomic E-state index is 12.5. The molecule has 0 radical (unpaired) electrons. The van der Waals surface area contributed by atoms with Crippen LogP contribution in [0.1, 0.15) is 30.3 Å². The summed E-state index contributed by atoms with van der Waals surface area (Å²) in [6.45, 7) is 0.697. The summed E-state index contributed by atoms with van der Waals surface area (Å²) in [5.41, 5.74) is -0.400. The molecule has 1 amide bonds. The van der Waals surface area contributed by atoms with Crippen molar-refractivity contribution in [2.45, 2.75) is 37.4 Å². The zero-order valence-electron chi connectivity index (χ0n) is 11.1. The van der Waals surface area contributed by atoms with Crippen LogP contribution in [0.2, 0.25) is 0 Å². The Kier molecular flexibility index (Phi) is 5.68. The number of hydrogen-bond acceptors (Lipinski definition) is 3. The molecule has 21 heavy (non-hydrogen) atoms. The third-order valence-electron chi connectivity index (χ3n) is 2.55. The highest BCUT2D eigenvalue weighted by molar-refractivity contribution is 8.13. The molecule has 1 heterocycles. The molecule has 5 nitrogen and oxygen atoms in total.